The first kappa shape index (κ1) is 27.9. The maximum absolute atomic E-state index is 11.6. The van der Waals surface area contributed by atoms with Crippen LogP contribution in [0.4, 0.5) is 0 Å². The van der Waals surface area contributed by atoms with Gasteiger partial charge in [0.2, 0.25) is 5.79 Å². The molecule has 1 unspecified atom stereocenters. The van der Waals surface area contributed by atoms with E-state index in [9.17, 15) is 14.8 Å². The molecule has 10 atom stereocenters. The summed E-state index contributed by atoms with van der Waals surface area (Å²) in [6.45, 7) is 14.6. The number of fused-ring (bicyclic) bond motifs is 7. The van der Waals surface area contributed by atoms with Gasteiger partial charge in [-0.2, -0.15) is 4.89 Å². The van der Waals surface area contributed by atoms with E-state index < -0.39 is 5.79 Å². The normalized spacial score (nSPS) is 44.3. The van der Waals surface area contributed by atoms with Gasteiger partial charge in [0.25, 0.3) is 0 Å². The van der Waals surface area contributed by atoms with Gasteiger partial charge in [0.05, 0.1) is 12.7 Å². The summed E-state index contributed by atoms with van der Waals surface area (Å²) in [5.74, 6) is 0.394. The Morgan fingerprint density at radius 3 is 2.63 bits per heavy atom. The maximum atomic E-state index is 11.6. The lowest BCUT2D eigenvalue weighted by Crippen LogP contribution is -2.51. The smallest absolute Gasteiger partial charge is 0.302 e. The Labute approximate surface area is 227 Å². The highest BCUT2D eigenvalue weighted by Gasteiger charge is 2.67. The van der Waals surface area contributed by atoms with Gasteiger partial charge >= 0.3 is 11.9 Å². The second kappa shape index (κ2) is 10.0. The van der Waals surface area contributed by atoms with E-state index in [2.05, 4.69) is 26.5 Å². The molecule has 0 amide bonds. The zero-order valence-electron chi connectivity index (χ0n) is 23.8. The lowest BCUT2D eigenvalue weighted by Gasteiger charge is -2.58. The number of esters is 2. The van der Waals surface area contributed by atoms with Crippen molar-refractivity contribution in [3.63, 3.8) is 0 Å². The van der Waals surface area contributed by atoms with Gasteiger partial charge in [-0.25, -0.2) is 5.26 Å². The largest absolute Gasteiger partial charge is 0.466 e. The molecule has 7 heteroatoms. The molecule has 5 rings (SSSR count). The summed E-state index contributed by atoms with van der Waals surface area (Å²) in [6, 6.07) is 0. The van der Waals surface area contributed by atoms with Gasteiger partial charge in [0, 0.05) is 32.6 Å². The Morgan fingerprint density at radius 1 is 1.18 bits per heavy atom. The second-order valence-corrected chi connectivity index (χ2v) is 13.5. The highest BCUT2D eigenvalue weighted by Crippen LogP contribution is 2.70. The fraction of sp³-hybridized carbons (Fsp3) is 0.806. The van der Waals surface area contributed by atoms with Gasteiger partial charge in [-0.3, -0.25) is 9.59 Å². The Kier molecular flexibility index (Phi) is 7.36. The van der Waals surface area contributed by atoms with Crippen LogP contribution in [-0.2, 0) is 28.7 Å². The summed E-state index contributed by atoms with van der Waals surface area (Å²) in [5, 5.41) is 10.1. The van der Waals surface area contributed by atoms with Gasteiger partial charge in [0.15, 0.2) is 0 Å². The third-order valence-corrected chi connectivity index (χ3v) is 11.3. The number of rotatable bonds is 7. The van der Waals surface area contributed by atoms with Gasteiger partial charge in [-0.15, -0.1) is 0 Å². The van der Waals surface area contributed by atoms with Crippen LogP contribution in [0, 0.1) is 40.4 Å². The topological polar surface area (TPSA) is 91.3 Å². The zero-order chi connectivity index (χ0) is 27.5. The van der Waals surface area contributed by atoms with Crippen molar-refractivity contribution < 1.29 is 33.9 Å². The van der Waals surface area contributed by atoms with Crippen molar-refractivity contribution in [1.29, 1.82) is 0 Å². The van der Waals surface area contributed by atoms with Crippen molar-refractivity contribution >= 4 is 11.9 Å². The molecule has 1 aliphatic heterocycles. The molecule has 0 radical (unpaired) electrons. The van der Waals surface area contributed by atoms with E-state index >= 15 is 0 Å². The molecule has 38 heavy (non-hydrogen) atoms. The van der Waals surface area contributed by atoms with Crippen LogP contribution in [0.15, 0.2) is 23.8 Å². The molecule has 1 heterocycles. The van der Waals surface area contributed by atoms with Crippen LogP contribution in [0.3, 0.4) is 0 Å². The summed E-state index contributed by atoms with van der Waals surface area (Å²) in [5.41, 5.74) is 2.60. The van der Waals surface area contributed by atoms with Crippen LogP contribution in [-0.4, -0.2) is 41.8 Å². The van der Waals surface area contributed by atoms with Crippen molar-refractivity contribution in [3.05, 3.63) is 23.8 Å². The van der Waals surface area contributed by atoms with Crippen LogP contribution < -0.4 is 0 Å². The van der Waals surface area contributed by atoms with Gasteiger partial charge in [0.1, 0.15) is 6.10 Å². The van der Waals surface area contributed by atoms with E-state index in [1.807, 2.05) is 6.92 Å². The van der Waals surface area contributed by atoms with Gasteiger partial charge < -0.3 is 14.2 Å². The number of carbonyl (C=O) groups is 2. The quantitative estimate of drug-likeness (QED) is 0.181. The maximum Gasteiger partial charge on any atom is 0.302 e. The van der Waals surface area contributed by atoms with Crippen molar-refractivity contribution in [2.45, 2.75) is 110 Å². The molecule has 0 bridgehead atoms. The molecule has 1 N–H and O–H groups in total. The monoisotopic (exact) mass is 530 g/mol. The van der Waals surface area contributed by atoms with E-state index in [1.165, 1.54) is 25.8 Å². The van der Waals surface area contributed by atoms with E-state index in [-0.39, 0.29) is 46.8 Å². The number of carbonyl (C=O) groups excluding carboxylic acids is 2. The molecule has 0 aromatic carbocycles. The molecule has 5 aliphatic rings. The third kappa shape index (κ3) is 4.46. The average molecular weight is 531 g/mol. The minimum atomic E-state index is -1.19. The molecule has 212 valence electrons. The fourth-order valence-corrected chi connectivity index (χ4v) is 9.37. The lowest BCUT2D eigenvalue weighted by molar-refractivity contribution is -0.388. The predicted molar refractivity (Wildman–Crippen MR) is 142 cm³/mol. The Hall–Kier alpha value is -1.70. The van der Waals surface area contributed by atoms with Crippen LogP contribution in [0.2, 0.25) is 0 Å². The molecule has 7 nitrogen and oxygen atoms in total. The van der Waals surface area contributed by atoms with Crippen molar-refractivity contribution in [1.82, 2.24) is 0 Å². The zero-order valence-corrected chi connectivity index (χ0v) is 23.8. The van der Waals surface area contributed by atoms with Crippen molar-refractivity contribution in [2.75, 3.05) is 6.61 Å². The van der Waals surface area contributed by atoms with E-state index in [0.717, 1.165) is 44.1 Å². The standard InChI is InChI=1S/C31H46O7/c1-18(17-35-20(3)32)9-14-31(38-34)19(2)28-27(37-31)16-26-24-8-7-22-15-23(36-21(4)33)10-12-29(22,5)25(24)11-13-30(26,28)6/h7,18,23-28,34H,2,8-17H2,1,3-6H3/t18-,23+,24-,25+,26+,27+,28+,29+,30+,31?/m1/s1. The first-order valence-electron chi connectivity index (χ1n) is 14.6. The van der Waals surface area contributed by atoms with Crippen LogP contribution >= 0.6 is 0 Å². The number of allylic oxidation sites excluding steroid dienone is 1. The number of ether oxygens (including phenoxy) is 3. The predicted octanol–water partition coefficient (Wildman–Crippen LogP) is 6.23. The molecule has 0 aromatic rings. The molecule has 3 saturated carbocycles. The molecule has 1 saturated heterocycles. The highest BCUT2D eigenvalue weighted by molar-refractivity contribution is 5.66. The Morgan fingerprint density at radius 2 is 1.95 bits per heavy atom. The molecule has 0 aromatic heterocycles. The Balaban J connectivity index is 1.30. The minimum absolute atomic E-state index is 0.00920. The fourth-order valence-electron chi connectivity index (χ4n) is 9.37. The van der Waals surface area contributed by atoms with Crippen LogP contribution in [0.1, 0.15) is 92.4 Å². The summed E-state index contributed by atoms with van der Waals surface area (Å²) in [7, 11) is 0. The van der Waals surface area contributed by atoms with Gasteiger partial charge in [-0.1, -0.05) is 39.0 Å². The molecular formula is C31H46O7. The first-order valence-corrected chi connectivity index (χ1v) is 14.6. The van der Waals surface area contributed by atoms with E-state index in [1.54, 1.807) is 0 Å². The number of hydrogen-bond acceptors (Lipinski definition) is 7. The SMILES string of the molecule is C=C1[C@H]2[C@H](C[C@H]3[C@@H]4CC=C5C[C@@H](OC(C)=O)CC[C@]5(C)[C@H]4CC[C@@]32C)OC1(CC[C@@H](C)COC(C)=O)OO. The van der Waals surface area contributed by atoms with E-state index in [4.69, 9.17) is 19.1 Å². The summed E-state index contributed by atoms with van der Waals surface area (Å²) >= 11 is 0. The van der Waals surface area contributed by atoms with Crippen LogP contribution in [0.5, 0.6) is 0 Å². The van der Waals surface area contributed by atoms with Crippen molar-refractivity contribution in [3.8, 4) is 0 Å². The first-order chi connectivity index (χ1) is 17.9. The molecule has 4 aliphatic carbocycles. The minimum Gasteiger partial charge on any atom is -0.466 e. The highest BCUT2D eigenvalue weighted by atomic mass is 17.1. The van der Waals surface area contributed by atoms with Gasteiger partial charge in [-0.05, 0) is 85.0 Å². The molecule has 0 spiro atoms. The molecular weight excluding hydrogens is 484 g/mol. The summed E-state index contributed by atoms with van der Waals surface area (Å²) < 4.78 is 17.3. The van der Waals surface area contributed by atoms with E-state index in [0.29, 0.717) is 37.2 Å². The summed E-state index contributed by atoms with van der Waals surface area (Å²) in [4.78, 5) is 27.8. The Bertz CT molecular complexity index is 1000. The average Bonchev–Trinajstić information content (AvgIpc) is 3.31. The van der Waals surface area contributed by atoms with Crippen LogP contribution in [0.25, 0.3) is 0 Å². The number of hydrogen-bond donors (Lipinski definition) is 1. The van der Waals surface area contributed by atoms with Crippen molar-refractivity contribution in [2.24, 2.45) is 40.4 Å². The second-order valence-electron chi connectivity index (χ2n) is 13.5. The lowest BCUT2D eigenvalue weighted by atomic mass is 9.47. The third-order valence-electron chi connectivity index (χ3n) is 11.3. The summed E-state index contributed by atoms with van der Waals surface area (Å²) in [6.07, 6.45) is 10.9. The molecule has 4 fully saturated rings.